The van der Waals surface area contributed by atoms with Crippen molar-refractivity contribution in [1.82, 2.24) is 14.5 Å². The molecule has 4 rings (SSSR count). The fourth-order valence-corrected chi connectivity index (χ4v) is 5.67. The zero-order valence-corrected chi connectivity index (χ0v) is 17.2. The molecule has 3 aromatic heterocycles. The highest BCUT2D eigenvalue weighted by Gasteiger charge is 2.28. The summed E-state index contributed by atoms with van der Waals surface area (Å²) in [5.41, 5.74) is 2.02. The molecule has 1 fully saturated rings. The van der Waals surface area contributed by atoms with E-state index in [-0.39, 0.29) is 11.5 Å². The van der Waals surface area contributed by atoms with E-state index < -0.39 is 0 Å². The van der Waals surface area contributed by atoms with Gasteiger partial charge in [-0.15, -0.1) is 29.3 Å². The van der Waals surface area contributed by atoms with Crippen LogP contribution >= 0.6 is 34.4 Å². The van der Waals surface area contributed by atoms with Gasteiger partial charge in [0.05, 0.1) is 11.1 Å². The summed E-state index contributed by atoms with van der Waals surface area (Å²) in [5, 5.41) is 8.70. The van der Waals surface area contributed by atoms with Gasteiger partial charge >= 0.3 is 0 Å². The van der Waals surface area contributed by atoms with Crippen LogP contribution in [0.25, 0.3) is 10.2 Å². The second-order valence-electron chi connectivity index (χ2n) is 6.36. The van der Waals surface area contributed by atoms with Gasteiger partial charge in [0.15, 0.2) is 10.3 Å². The molecule has 3 aromatic rings. The van der Waals surface area contributed by atoms with Crippen LogP contribution in [0.4, 0.5) is 5.13 Å². The minimum absolute atomic E-state index is 0.0164. The third-order valence-corrected chi connectivity index (χ3v) is 6.91. The van der Waals surface area contributed by atoms with E-state index >= 15 is 0 Å². The van der Waals surface area contributed by atoms with E-state index in [1.807, 2.05) is 5.38 Å². The van der Waals surface area contributed by atoms with E-state index in [0.29, 0.717) is 28.5 Å². The fraction of sp³-hybridized carbons (Fsp3) is 0.333. The van der Waals surface area contributed by atoms with Crippen LogP contribution in [-0.2, 0) is 17.1 Å². The second kappa shape index (κ2) is 7.57. The average Bonchev–Trinajstić information content (AvgIpc) is 3.23. The molecule has 1 amide bonds. The SMILES string of the molecule is C=CCn1c(SCc2csc(NC(C)=O)n2)nc2scc(C3CC3)c2c1=O. The molecule has 0 unspecified atom stereocenters. The highest BCUT2D eigenvalue weighted by molar-refractivity contribution is 7.98. The molecule has 6 nitrogen and oxygen atoms in total. The molecule has 0 aliphatic heterocycles. The molecule has 0 spiro atoms. The maximum atomic E-state index is 13.1. The van der Waals surface area contributed by atoms with Gasteiger partial charge in [0.2, 0.25) is 5.91 Å². The normalized spacial score (nSPS) is 13.8. The van der Waals surface area contributed by atoms with Gasteiger partial charge in [-0.05, 0) is 29.7 Å². The highest BCUT2D eigenvalue weighted by Crippen LogP contribution is 2.44. The number of rotatable bonds is 7. The van der Waals surface area contributed by atoms with Gasteiger partial charge in [-0.3, -0.25) is 14.2 Å². The molecule has 0 atom stereocenters. The molecule has 1 aliphatic rings. The third kappa shape index (κ3) is 3.85. The maximum Gasteiger partial charge on any atom is 0.263 e. The number of allylic oxidation sites excluding steroid dienone is 1. The standard InChI is InChI=1S/C18H18N4O2S3/c1-3-6-22-16(24)14-13(11-4-5-11)9-25-15(14)21-18(22)27-8-12-7-26-17(20-12)19-10(2)23/h3,7,9,11H,1,4-6,8H2,2H3,(H,19,20,23). The van der Waals surface area contributed by atoms with Crippen LogP contribution in [0.5, 0.6) is 0 Å². The maximum absolute atomic E-state index is 13.1. The topological polar surface area (TPSA) is 76.9 Å². The van der Waals surface area contributed by atoms with Gasteiger partial charge < -0.3 is 5.32 Å². The Kier molecular flexibility index (Phi) is 5.16. The molecule has 1 N–H and O–H groups in total. The lowest BCUT2D eigenvalue weighted by molar-refractivity contribution is -0.114. The summed E-state index contributed by atoms with van der Waals surface area (Å²) in [6, 6.07) is 0. The van der Waals surface area contributed by atoms with Crippen LogP contribution < -0.4 is 10.9 Å². The lowest BCUT2D eigenvalue weighted by atomic mass is 10.1. The fourth-order valence-electron chi connectivity index (χ4n) is 2.84. The van der Waals surface area contributed by atoms with Crippen molar-refractivity contribution in [3.8, 4) is 0 Å². The van der Waals surface area contributed by atoms with Crippen molar-refractivity contribution < 1.29 is 4.79 Å². The number of aromatic nitrogens is 3. The van der Waals surface area contributed by atoms with Crippen LogP contribution in [-0.4, -0.2) is 20.4 Å². The Morgan fingerprint density at radius 2 is 2.22 bits per heavy atom. The van der Waals surface area contributed by atoms with Crippen molar-refractivity contribution in [3.05, 3.63) is 45.0 Å². The minimum atomic E-state index is -0.139. The van der Waals surface area contributed by atoms with Gasteiger partial charge in [0.1, 0.15) is 4.83 Å². The monoisotopic (exact) mass is 418 g/mol. The summed E-state index contributed by atoms with van der Waals surface area (Å²) in [5.74, 6) is 0.956. The van der Waals surface area contributed by atoms with E-state index in [1.165, 1.54) is 30.0 Å². The summed E-state index contributed by atoms with van der Waals surface area (Å²) < 4.78 is 1.69. The summed E-state index contributed by atoms with van der Waals surface area (Å²) in [7, 11) is 0. The first kappa shape index (κ1) is 18.4. The van der Waals surface area contributed by atoms with E-state index in [9.17, 15) is 9.59 Å². The Hall–Kier alpha value is -1.97. The number of thiophene rings is 1. The first-order valence-corrected chi connectivity index (χ1v) is 11.3. The molecule has 1 saturated carbocycles. The van der Waals surface area contributed by atoms with Crippen LogP contribution in [0.15, 0.2) is 33.4 Å². The Bertz CT molecular complexity index is 1080. The summed E-state index contributed by atoms with van der Waals surface area (Å²) in [6.07, 6.45) is 4.03. The Morgan fingerprint density at radius 3 is 2.93 bits per heavy atom. The molecular weight excluding hydrogens is 400 g/mol. The number of nitrogens with zero attached hydrogens (tertiary/aromatic N) is 3. The van der Waals surface area contributed by atoms with Crippen LogP contribution in [0.2, 0.25) is 0 Å². The van der Waals surface area contributed by atoms with Gasteiger partial charge in [-0.1, -0.05) is 17.8 Å². The number of carbonyl (C=O) groups is 1. The second-order valence-corrected chi connectivity index (χ2v) is 9.02. The van der Waals surface area contributed by atoms with Gasteiger partial charge in [-0.2, -0.15) is 0 Å². The number of hydrogen-bond donors (Lipinski definition) is 1. The largest absolute Gasteiger partial charge is 0.302 e. The van der Waals surface area contributed by atoms with E-state index in [4.69, 9.17) is 4.98 Å². The highest BCUT2D eigenvalue weighted by atomic mass is 32.2. The van der Waals surface area contributed by atoms with Crippen molar-refractivity contribution in [1.29, 1.82) is 0 Å². The first-order chi connectivity index (χ1) is 13.1. The molecule has 0 bridgehead atoms. The molecule has 0 aromatic carbocycles. The Balaban J connectivity index is 1.63. The number of nitrogens with one attached hydrogen (secondary N) is 1. The van der Waals surface area contributed by atoms with E-state index in [0.717, 1.165) is 34.3 Å². The van der Waals surface area contributed by atoms with Crippen LogP contribution in [0, 0.1) is 0 Å². The number of thiazole rings is 1. The van der Waals surface area contributed by atoms with Crippen molar-refractivity contribution in [3.63, 3.8) is 0 Å². The predicted octanol–water partition coefficient (Wildman–Crippen LogP) is 4.23. The zero-order chi connectivity index (χ0) is 19.0. The lowest BCUT2D eigenvalue weighted by Crippen LogP contribution is -2.22. The van der Waals surface area contributed by atoms with Gasteiger partial charge in [-0.25, -0.2) is 9.97 Å². The van der Waals surface area contributed by atoms with Crippen molar-refractivity contribution >= 4 is 55.7 Å². The Morgan fingerprint density at radius 1 is 1.41 bits per heavy atom. The summed E-state index contributed by atoms with van der Waals surface area (Å²) in [6.45, 7) is 5.67. The number of carbonyl (C=O) groups excluding carboxylic acids is 1. The third-order valence-electron chi connectivity index (χ3n) is 4.20. The number of amides is 1. The molecule has 0 saturated heterocycles. The van der Waals surface area contributed by atoms with Crippen molar-refractivity contribution in [2.45, 2.75) is 43.1 Å². The average molecular weight is 419 g/mol. The zero-order valence-electron chi connectivity index (χ0n) is 14.7. The minimum Gasteiger partial charge on any atom is -0.302 e. The van der Waals surface area contributed by atoms with E-state index in [1.54, 1.807) is 22.0 Å². The molecular formula is C18H18N4O2S3. The first-order valence-electron chi connectivity index (χ1n) is 8.54. The van der Waals surface area contributed by atoms with Gasteiger partial charge in [0.25, 0.3) is 5.56 Å². The van der Waals surface area contributed by atoms with Crippen LogP contribution in [0.3, 0.4) is 0 Å². The Labute approximate surface area is 168 Å². The van der Waals surface area contributed by atoms with Gasteiger partial charge in [0, 0.05) is 24.6 Å². The molecule has 140 valence electrons. The van der Waals surface area contributed by atoms with Crippen LogP contribution in [0.1, 0.15) is 36.9 Å². The molecule has 9 heteroatoms. The molecule has 3 heterocycles. The lowest BCUT2D eigenvalue weighted by Gasteiger charge is -2.10. The quantitative estimate of drug-likeness (QED) is 0.353. The summed E-state index contributed by atoms with van der Waals surface area (Å²) in [4.78, 5) is 34.2. The smallest absolute Gasteiger partial charge is 0.263 e. The van der Waals surface area contributed by atoms with Crippen molar-refractivity contribution in [2.75, 3.05) is 5.32 Å². The number of hydrogen-bond acceptors (Lipinski definition) is 7. The van der Waals surface area contributed by atoms with Crippen molar-refractivity contribution in [2.24, 2.45) is 0 Å². The molecule has 0 radical (unpaired) electrons. The number of fused-ring (bicyclic) bond motifs is 1. The number of thioether (sulfide) groups is 1. The molecule has 1 aliphatic carbocycles. The van der Waals surface area contributed by atoms with E-state index in [2.05, 4.69) is 22.3 Å². The predicted molar refractivity (Wildman–Crippen MR) is 112 cm³/mol. The summed E-state index contributed by atoms with van der Waals surface area (Å²) >= 11 is 4.41. The number of anilines is 1. The molecule has 27 heavy (non-hydrogen) atoms.